The molecule has 0 saturated carbocycles. The number of carbonyl (C=O) groups excluding carboxylic acids is 1. The molecule has 0 fully saturated rings. The van der Waals surface area contributed by atoms with Crippen molar-refractivity contribution < 1.29 is 17.7 Å². The van der Waals surface area contributed by atoms with Crippen LogP contribution in [0.5, 0.6) is 0 Å². The van der Waals surface area contributed by atoms with E-state index in [9.17, 15) is 13.2 Å². The van der Waals surface area contributed by atoms with Gasteiger partial charge in [-0.2, -0.15) is 4.72 Å². The third-order valence-corrected chi connectivity index (χ3v) is 5.86. The van der Waals surface area contributed by atoms with Crippen LogP contribution in [0.3, 0.4) is 0 Å². The summed E-state index contributed by atoms with van der Waals surface area (Å²) in [6.45, 7) is 5.12. The van der Waals surface area contributed by atoms with Crippen molar-refractivity contribution in [1.29, 1.82) is 0 Å². The number of rotatable bonds is 7. The topological polar surface area (TPSA) is 119 Å². The fraction of sp³-hybridized carbons (Fsp3) is 0.278. The Hall–Kier alpha value is -2.98. The Morgan fingerprint density at radius 1 is 1.32 bits per heavy atom. The molecule has 0 radical (unpaired) electrons. The molecule has 0 unspecified atom stereocenters. The molecular formula is C18H21N5O4S. The average molecular weight is 403 g/mol. The Balaban J connectivity index is 1.67. The van der Waals surface area contributed by atoms with Crippen LogP contribution in [-0.4, -0.2) is 35.1 Å². The van der Waals surface area contributed by atoms with Crippen LogP contribution in [0.2, 0.25) is 0 Å². The zero-order chi connectivity index (χ0) is 20.3. The van der Waals surface area contributed by atoms with Crippen molar-refractivity contribution in [3.63, 3.8) is 0 Å². The molecule has 0 bridgehead atoms. The second-order valence-corrected chi connectivity index (χ2v) is 8.07. The van der Waals surface area contributed by atoms with Crippen LogP contribution in [-0.2, 0) is 21.4 Å². The van der Waals surface area contributed by atoms with Crippen LogP contribution in [0.25, 0.3) is 0 Å². The number of anilines is 1. The number of nitrogens with zero attached hydrogens (tertiary/aromatic N) is 3. The average Bonchev–Trinajstić information content (AvgIpc) is 3.24. The maximum Gasteiger partial charge on any atom is 0.246 e. The third-order valence-electron chi connectivity index (χ3n) is 4.08. The molecule has 148 valence electrons. The van der Waals surface area contributed by atoms with Gasteiger partial charge in [0.2, 0.25) is 15.9 Å². The standard InChI is InChI=1S/C18H21N5O4S/c1-12-17(14(3)27-21-12)28(25,26)22-13(2)18(24)20-16-6-4-5-15(9-16)10-23-8-7-19-11-23/h4-9,11,13,22H,10H2,1-3H3,(H,20,24)/t13-/m0/s1. The first-order valence-electron chi connectivity index (χ1n) is 8.57. The Labute approximate surface area is 162 Å². The summed E-state index contributed by atoms with van der Waals surface area (Å²) < 4.78 is 34.2. The summed E-state index contributed by atoms with van der Waals surface area (Å²) in [5.41, 5.74) is 1.79. The molecule has 1 amide bonds. The predicted molar refractivity (Wildman–Crippen MR) is 102 cm³/mol. The Morgan fingerprint density at radius 2 is 2.11 bits per heavy atom. The monoisotopic (exact) mass is 403 g/mol. The maximum atomic E-state index is 12.5. The molecule has 2 heterocycles. The number of nitrogens with one attached hydrogen (secondary N) is 2. The molecule has 3 rings (SSSR count). The minimum Gasteiger partial charge on any atom is -0.360 e. The molecule has 1 atom stereocenters. The largest absolute Gasteiger partial charge is 0.360 e. The summed E-state index contributed by atoms with van der Waals surface area (Å²) in [6.07, 6.45) is 5.24. The van der Waals surface area contributed by atoms with Gasteiger partial charge in [-0.25, -0.2) is 13.4 Å². The van der Waals surface area contributed by atoms with Crippen LogP contribution in [0.4, 0.5) is 5.69 Å². The predicted octanol–water partition coefficient (Wildman–Crippen LogP) is 1.84. The molecule has 2 aromatic heterocycles. The number of aromatic nitrogens is 3. The minimum atomic E-state index is -3.93. The van der Waals surface area contributed by atoms with E-state index in [1.54, 1.807) is 18.6 Å². The number of imidazole rings is 1. The third kappa shape index (κ3) is 4.46. The van der Waals surface area contributed by atoms with Crippen molar-refractivity contribution in [2.45, 2.75) is 38.3 Å². The summed E-state index contributed by atoms with van der Waals surface area (Å²) in [7, 11) is -3.93. The summed E-state index contributed by atoms with van der Waals surface area (Å²) in [5, 5.41) is 6.37. The number of aryl methyl sites for hydroxylation is 2. The van der Waals surface area contributed by atoms with Gasteiger partial charge in [0.1, 0.15) is 10.6 Å². The molecule has 0 spiro atoms. The lowest BCUT2D eigenvalue weighted by molar-refractivity contribution is -0.117. The van der Waals surface area contributed by atoms with Crippen LogP contribution >= 0.6 is 0 Å². The van der Waals surface area contributed by atoms with Crippen LogP contribution in [0, 0.1) is 13.8 Å². The molecule has 1 aromatic carbocycles. The smallest absolute Gasteiger partial charge is 0.246 e. The normalized spacial score (nSPS) is 12.7. The van der Waals surface area contributed by atoms with E-state index in [0.717, 1.165) is 5.56 Å². The van der Waals surface area contributed by atoms with E-state index in [4.69, 9.17) is 4.52 Å². The van der Waals surface area contributed by atoms with Gasteiger partial charge in [0.25, 0.3) is 0 Å². The molecule has 0 saturated heterocycles. The molecule has 0 aliphatic heterocycles. The SMILES string of the molecule is Cc1noc(C)c1S(=O)(=O)N[C@@H](C)C(=O)Nc1cccc(Cn2ccnc2)c1. The molecule has 0 aliphatic carbocycles. The van der Waals surface area contributed by atoms with Crippen molar-refractivity contribution in [3.05, 3.63) is 60.0 Å². The van der Waals surface area contributed by atoms with Crippen LogP contribution in [0.1, 0.15) is 23.9 Å². The zero-order valence-electron chi connectivity index (χ0n) is 15.7. The lowest BCUT2D eigenvalue weighted by atomic mass is 10.2. The number of hydrogen-bond acceptors (Lipinski definition) is 6. The lowest BCUT2D eigenvalue weighted by Crippen LogP contribution is -2.41. The highest BCUT2D eigenvalue weighted by atomic mass is 32.2. The van der Waals surface area contributed by atoms with Crippen LogP contribution < -0.4 is 10.0 Å². The van der Waals surface area contributed by atoms with E-state index < -0.39 is 22.0 Å². The Kier molecular flexibility index (Phi) is 5.61. The van der Waals surface area contributed by atoms with E-state index in [-0.39, 0.29) is 16.3 Å². The van der Waals surface area contributed by atoms with E-state index in [1.165, 1.54) is 20.8 Å². The van der Waals surface area contributed by atoms with Crippen LogP contribution in [0.15, 0.2) is 52.4 Å². The molecular weight excluding hydrogens is 382 g/mol. The molecule has 2 N–H and O–H groups in total. The maximum absolute atomic E-state index is 12.5. The van der Waals surface area contributed by atoms with Gasteiger partial charge in [0.15, 0.2) is 5.76 Å². The van der Waals surface area contributed by atoms with E-state index in [2.05, 4.69) is 20.2 Å². The Morgan fingerprint density at radius 3 is 2.75 bits per heavy atom. The number of hydrogen-bond donors (Lipinski definition) is 2. The van der Waals surface area contributed by atoms with E-state index in [1.807, 2.05) is 29.0 Å². The number of benzene rings is 1. The van der Waals surface area contributed by atoms with Gasteiger partial charge < -0.3 is 14.4 Å². The minimum absolute atomic E-state index is 0.0468. The summed E-state index contributed by atoms with van der Waals surface area (Å²) in [5.74, 6) is -0.306. The number of carbonyl (C=O) groups is 1. The molecule has 0 aliphatic rings. The first-order valence-corrected chi connectivity index (χ1v) is 10.1. The highest BCUT2D eigenvalue weighted by Crippen LogP contribution is 2.19. The number of amides is 1. The lowest BCUT2D eigenvalue weighted by Gasteiger charge is -2.15. The highest BCUT2D eigenvalue weighted by Gasteiger charge is 2.28. The van der Waals surface area contributed by atoms with Gasteiger partial charge >= 0.3 is 0 Å². The molecule has 3 aromatic rings. The molecule has 28 heavy (non-hydrogen) atoms. The first kappa shape index (κ1) is 19.8. The summed E-state index contributed by atoms with van der Waals surface area (Å²) in [4.78, 5) is 16.4. The van der Waals surface area contributed by atoms with Gasteiger partial charge in [-0.15, -0.1) is 0 Å². The second kappa shape index (κ2) is 7.95. The first-order chi connectivity index (χ1) is 13.3. The van der Waals surface area contributed by atoms with Gasteiger partial charge in [-0.05, 0) is 38.5 Å². The highest BCUT2D eigenvalue weighted by molar-refractivity contribution is 7.89. The zero-order valence-corrected chi connectivity index (χ0v) is 16.5. The molecule has 9 nitrogen and oxygen atoms in total. The quantitative estimate of drug-likeness (QED) is 0.621. The second-order valence-electron chi connectivity index (χ2n) is 6.42. The fourth-order valence-electron chi connectivity index (χ4n) is 2.79. The van der Waals surface area contributed by atoms with Gasteiger partial charge in [0, 0.05) is 24.6 Å². The van der Waals surface area contributed by atoms with E-state index in [0.29, 0.717) is 12.2 Å². The van der Waals surface area contributed by atoms with E-state index >= 15 is 0 Å². The van der Waals surface area contributed by atoms with Crippen molar-refractivity contribution >= 4 is 21.6 Å². The summed E-state index contributed by atoms with van der Waals surface area (Å²) >= 11 is 0. The van der Waals surface area contributed by atoms with Gasteiger partial charge in [-0.1, -0.05) is 17.3 Å². The fourth-order valence-corrected chi connectivity index (χ4v) is 4.32. The number of sulfonamides is 1. The van der Waals surface area contributed by atoms with Gasteiger partial charge in [0.05, 0.1) is 12.4 Å². The van der Waals surface area contributed by atoms with Crippen molar-refractivity contribution in [1.82, 2.24) is 19.4 Å². The van der Waals surface area contributed by atoms with Crippen molar-refractivity contribution in [3.8, 4) is 0 Å². The van der Waals surface area contributed by atoms with Crippen molar-refractivity contribution in [2.75, 3.05) is 5.32 Å². The Bertz CT molecular complexity index is 1050. The van der Waals surface area contributed by atoms with Crippen molar-refractivity contribution in [2.24, 2.45) is 0 Å². The molecule has 10 heteroatoms. The van der Waals surface area contributed by atoms with Gasteiger partial charge in [-0.3, -0.25) is 4.79 Å². The summed E-state index contributed by atoms with van der Waals surface area (Å²) in [6, 6.07) is 6.33.